The van der Waals surface area contributed by atoms with Crippen molar-refractivity contribution in [2.24, 2.45) is 5.41 Å². The van der Waals surface area contributed by atoms with Gasteiger partial charge in [-0.25, -0.2) is 4.79 Å². The van der Waals surface area contributed by atoms with Crippen LogP contribution in [-0.4, -0.2) is 54.7 Å². The number of nitrogens with zero attached hydrogens (tertiary/aromatic N) is 1. The summed E-state index contributed by atoms with van der Waals surface area (Å²) in [6, 6.07) is -0.156. The number of carbonyl (C=O) groups excluding carboxylic acids is 1. The second-order valence-corrected chi connectivity index (χ2v) is 4.98. The highest BCUT2D eigenvalue weighted by Crippen LogP contribution is 2.29. The molecular formula is C12H23N3O3. The van der Waals surface area contributed by atoms with Crippen LogP contribution in [0.25, 0.3) is 0 Å². The van der Waals surface area contributed by atoms with Crippen molar-refractivity contribution in [3.05, 3.63) is 0 Å². The molecule has 6 heteroatoms. The molecule has 1 heterocycles. The Labute approximate surface area is 108 Å². The number of carboxylic acid groups (broad SMARTS) is 1. The molecule has 0 aromatic heterocycles. The van der Waals surface area contributed by atoms with Crippen LogP contribution in [0.2, 0.25) is 0 Å². The zero-order valence-corrected chi connectivity index (χ0v) is 11.2. The summed E-state index contributed by atoms with van der Waals surface area (Å²) in [6.07, 6.45) is 1.40. The van der Waals surface area contributed by atoms with Gasteiger partial charge in [0, 0.05) is 19.6 Å². The van der Waals surface area contributed by atoms with Crippen LogP contribution >= 0.6 is 0 Å². The molecule has 0 aromatic carbocycles. The topological polar surface area (TPSA) is 81.7 Å². The predicted octanol–water partition coefficient (Wildman–Crippen LogP) is 0.492. The maximum absolute atomic E-state index is 11.8. The molecule has 1 rings (SSSR count). The molecule has 1 unspecified atom stereocenters. The number of nitrogens with one attached hydrogen (secondary N) is 2. The van der Waals surface area contributed by atoms with Crippen molar-refractivity contribution in [3.8, 4) is 0 Å². The lowest BCUT2D eigenvalue weighted by Crippen LogP contribution is -2.41. The van der Waals surface area contributed by atoms with Crippen LogP contribution in [0.4, 0.5) is 4.79 Å². The molecule has 0 saturated carbocycles. The quantitative estimate of drug-likeness (QED) is 0.605. The Hall–Kier alpha value is -1.30. The Bertz CT molecular complexity index is 309. The Kier molecular flexibility index (Phi) is 5.40. The predicted molar refractivity (Wildman–Crippen MR) is 68.5 cm³/mol. The van der Waals surface area contributed by atoms with Crippen LogP contribution in [0.3, 0.4) is 0 Å². The van der Waals surface area contributed by atoms with E-state index in [-0.39, 0.29) is 6.03 Å². The summed E-state index contributed by atoms with van der Waals surface area (Å²) < 4.78 is 0. The number of hydrogen-bond acceptors (Lipinski definition) is 3. The van der Waals surface area contributed by atoms with Crippen molar-refractivity contribution >= 4 is 12.0 Å². The van der Waals surface area contributed by atoms with E-state index in [4.69, 9.17) is 5.11 Å². The Morgan fingerprint density at radius 3 is 2.67 bits per heavy atom. The molecule has 0 aliphatic carbocycles. The normalized spacial score (nSPS) is 23.1. The first-order valence-electron chi connectivity index (χ1n) is 6.46. The van der Waals surface area contributed by atoms with Crippen LogP contribution < -0.4 is 10.6 Å². The maximum Gasteiger partial charge on any atom is 0.317 e. The summed E-state index contributed by atoms with van der Waals surface area (Å²) >= 11 is 0. The second-order valence-electron chi connectivity index (χ2n) is 4.98. The number of carboxylic acids is 1. The van der Waals surface area contributed by atoms with Crippen LogP contribution in [0, 0.1) is 5.41 Å². The molecule has 0 bridgehead atoms. The van der Waals surface area contributed by atoms with Crippen molar-refractivity contribution in [2.75, 3.05) is 32.7 Å². The van der Waals surface area contributed by atoms with E-state index in [0.29, 0.717) is 26.1 Å². The average molecular weight is 257 g/mol. The van der Waals surface area contributed by atoms with E-state index in [9.17, 15) is 9.59 Å². The molecule has 0 aromatic rings. The van der Waals surface area contributed by atoms with E-state index in [1.807, 2.05) is 6.92 Å². The Morgan fingerprint density at radius 2 is 2.11 bits per heavy atom. The van der Waals surface area contributed by atoms with Gasteiger partial charge in [0.15, 0.2) is 0 Å². The second kappa shape index (κ2) is 6.58. The van der Waals surface area contributed by atoms with Gasteiger partial charge in [0.25, 0.3) is 0 Å². The van der Waals surface area contributed by atoms with Crippen molar-refractivity contribution in [1.29, 1.82) is 0 Å². The fourth-order valence-corrected chi connectivity index (χ4v) is 2.01. The zero-order valence-electron chi connectivity index (χ0n) is 11.2. The molecule has 0 radical (unpaired) electrons. The van der Waals surface area contributed by atoms with Crippen molar-refractivity contribution < 1.29 is 14.7 Å². The van der Waals surface area contributed by atoms with E-state index >= 15 is 0 Å². The van der Waals surface area contributed by atoms with Gasteiger partial charge in [-0.05, 0) is 32.9 Å². The summed E-state index contributed by atoms with van der Waals surface area (Å²) in [5.74, 6) is -0.829. The summed E-state index contributed by atoms with van der Waals surface area (Å²) in [6.45, 7) is 6.96. The molecule has 1 fully saturated rings. The first-order valence-corrected chi connectivity index (χ1v) is 6.46. The molecule has 0 spiro atoms. The lowest BCUT2D eigenvalue weighted by Gasteiger charge is -2.20. The van der Waals surface area contributed by atoms with E-state index in [1.165, 1.54) is 0 Å². The van der Waals surface area contributed by atoms with E-state index in [0.717, 1.165) is 19.5 Å². The number of aliphatic carboxylic acids is 1. The largest absolute Gasteiger partial charge is 0.481 e. The van der Waals surface area contributed by atoms with Gasteiger partial charge < -0.3 is 20.6 Å². The first kappa shape index (κ1) is 14.8. The lowest BCUT2D eigenvalue weighted by atomic mass is 9.90. The highest BCUT2D eigenvalue weighted by molar-refractivity contribution is 5.79. The molecule has 1 aliphatic heterocycles. The molecule has 3 N–H and O–H groups in total. The lowest BCUT2D eigenvalue weighted by molar-refractivity contribution is -0.146. The molecule has 6 nitrogen and oxygen atoms in total. The molecule has 1 atom stereocenters. The Balaban J connectivity index is 2.26. The third-order valence-corrected chi connectivity index (χ3v) is 3.33. The highest BCUT2D eigenvalue weighted by atomic mass is 16.4. The van der Waals surface area contributed by atoms with Gasteiger partial charge in [-0.3, -0.25) is 4.79 Å². The standard InChI is InChI=1S/C12H23N3O3/c1-3-13-6-4-7-14-11(18)15-8-5-12(2,9-15)10(16)17/h13H,3-9H2,1-2H3,(H,14,18)(H,16,17). The molecule has 1 saturated heterocycles. The van der Waals surface area contributed by atoms with Crippen molar-refractivity contribution in [2.45, 2.75) is 26.7 Å². The third-order valence-electron chi connectivity index (χ3n) is 3.33. The third kappa shape index (κ3) is 3.87. The summed E-state index contributed by atoms with van der Waals surface area (Å²) in [4.78, 5) is 24.4. The smallest absolute Gasteiger partial charge is 0.317 e. The van der Waals surface area contributed by atoms with Gasteiger partial charge in [-0.2, -0.15) is 0 Å². The summed E-state index contributed by atoms with van der Waals surface area (Å²) in [7, 11) is 0. The van der Waals surface area contributed by atoms with Gasteiger partial charge in [-0.15, -0.1) is 0 Å². The van der Waals surface area contributed by atoms with Crippen LogP contribution in [-0.2, 0) is 4.79 Å². The molecule has 2 amide bonds. The number of urea groups is 1. The fourth-order valence-electron chi connectivity index (χ4n) is 2.01. The number of rotatable bonds is 6. The van der Waals surface area contributed by atoms with E-state index in [2.05, 4.69) is 10.6 Å². The summed E-state index contributed by atoms with van der Waals surface area (Å²) in [5.41, 5.74) is -0.791. The minimum absolute atomic E-state index is 0.156. The average Bonchev–Trinajstić information content (AvgIpc) is 2.73. The van der Waals surface area contributed by atoms with Gasteiger partial charge in [0.2, 0.25) is 0 Å². The number of amides is 2. The van der Waals surface area contributed by atoms with Gasteiger partial charge >= 0.3 is 12.0 Å². The number of hydrogen-bond donors (Lipinski definition) is 3. The van der Waals surface area contributed by atoms with Crippen LogP contribution in [0.1, 0.15) is 26.7 Å². The molecule has 104 valence electrons. The van der Waals surface area contributed by atoms with E-state index in [1.54, 1.807) is 11.8 Å². The molecular weight excluding hydrogens is 234 g/mol. The Morgan fingerprint density at radius 1 is 1.39 bits per heavy atom. The van der Waals surface area contributed by atoms with Crippen LogP contribution in [0.15, 0.2) is 0 Å². The molecule has 1 aliphatic rings. The fraction of sp³-hybridized carbons (Fsp3) is 0.833. The van der Waals surface area contributed by atoms with Gasteiger partial charge in [0.1, 0.15) is 0 Å². The van der Waals surface area contributed by atoms with Gasteiger partial charge in [0.05, 0.1) is 5.41 Å². The monoisotopic (exact) mass is 257 g/mol. The zero-order chi connectivity index (χ0) is 13.6. The maximum atomic E-state index is 11.8. The van der Waals surface area contributed by atoms with Crippen LogP contribution in [0.5, 0.6) is 0 Å². The highest BCUT2D eigenvalue weighted by Gasteiger charge is 2.41. The SMILES string of the molecule is CCNCCCNC(=O)N1CCC(C)(C(=O)O)C1. The minimum atomic E-state index is -0.829. The molecule has 18 heavy (non-hydrogen) atoms. The van der Waals surface area contributed by atoms with Crippen molar-refractivity contribution in [3.63, 3.8) is 0 Å². The van der Waals surface area contributed by atoms with E-state index < -0.39 is 11.4 Å². The minimum Gasteiger partial charge on any atom is -0.481 e. The number of carbonyl (C=O) groups is 2. The van der Waals surface area contributed by atoms with Crippen molar-refractivity contribution in [1.82, 2.24) is 15.5 Å². The van der Waals surface area contributed by atoms with Gasteiger partial charge in [-0.1, -0.05) is 6.92 Å². The number of likely N-dealkylation sites (tertiary alicyclic amines) is 1. The first-order chi connectivity index (χ1) is 8.49. The summed E-state index contributed by atoms with van der Waals surface area (Å²) in [5, 5.41) is 15.1.